The second kappa shape index (κ2) is 58.8. The van der Waals surface area contributed by atoms with Gasteiger partial charge in [0.2, 0.25) is 0 Å². The van der Waals surface area contributed by atoms with Crippen molar-refractivity contribution in [2.24, 2.45) is 23.7 Å². The highest BCUT2D eigenvalue weighted by Gasteiger charge is 2.30. The molecule has 522 valence electrons. The Labute approximate surface area is 537 Å². The summed E-state index contributed by atoms with van der Waals surface area (Å²) in [6.07, 6.45) is 40.7. The highest BCUT2D eigenvalue weighted by molar-refractivity contribution is 7.47. The van der Waals surface area contributed by atoms with Crippen LogP contribution < -0.4 is 0 Å². The number of unbranched alkanes of at least 4 members (excludes halogenated alkanes) is 32. The van der Waals surface area contributed by atoms with Crippen LogP contribution in [0.4, 0.5) is 0 Å². The van der Waals surface area contributed by atoms with Crippen molar-refractivity contribution in [3.63, 3.8) is 0 Å². The lowest BCUT2D eigenvalue weighted by molar-refractivity contribution is -0.161. The largest absolute Gasteiger partial charge is 0.472 e. The van der Waals surface area contributed by atoms with Crippen molar-refractivity contribution in [1.29, 1.82) is 0 Å². The van der Waals surface area contributed by atoms with Gasteiger partial charge in [0.05, 0.1) is 26.4 Å². The van der Waals surface area contributed by atoms with Crippen molar-refractivity contribution in [3.8, 4) is 0 Å². The molecular weight excluding hydrogens is 1160 g/mol. The van der Waals surface area contributed by atoms with Crippen LogP contribution in [-0.2, 0) is 65.4 Å². The van der Waals surface area contributed by atoms with Crippen LogP contribution in [0, 0.1) is 23.7 Å². The summed E-state index contributed by atoms with van der Waals surface area (Å²) in [7, 11) is -9.90. The molecule has 19 heteroatoms. The molecule has 3 unspecified atom stereocenters. The summed E-state index contributed by atoms with van der Waals surface area (Å²) in [4.78, 5) is 72.4. The number of esters is 4. The first-order valence-corrected chi connectivity index (χ1v) is 38.7. The molecule has 0 aliphatic heterocycles. The second-order valence-electron chi connectivity index (χ2n) is 26.8. The summed E-state index contributed by atoms with van der Waals surface area (Å²) in [6.45, 7) is 14.0. The molecule has 0 aliphatic rings. The van der Waals surface area contributed by atoms with Crippen molar-refractivity contribution in [1.82, 2.24) is 0 Å². The predicted molar refractivity (Wildman–Crippen MR) is 354 cm³/mol. The van der Waals surface area contributed by atoms with Crippen LogP contribution in [0.5, 0.6) is 0 Å². The number of phosphoric ester groups is 2. The van der Waals surface area contributed by atoms with Crippen LogP contribution in [0.2, 0.25) is 0 Å². The van der Waals surface area contributed by atoms with Crippen LogP contribution >= 0.6 is 15.6 Å². The Morgan fingerprint density at radius 1 is 0.284 bits per heavy atom. The molecule has 88 heavy (non-hydrogen) atoms. The average molecular weight is 1300 g/mol. The van der Waals surface area contributed by atoms with Crippen molar-refractivity contribution >= 4 is 39.5 Å². The minimum atomic E-state index is -4.95. The quantitative estimate of drug-likeness (QED) is 0.0222. The highest BCUT2D eigenvalue weighted by atomic mass is 31.2. The van der Waals surface area contributed by atoms with Gasteiger partial charge >= 0.3 is 39.5 Å². The standard InChI is InChI=1S/C69H134O17P2/c1-59(2)45-37-29-21-16-14-12-10-9-11-13-15-17-24-33-41-49-66(71)79-56-65(86-69(74)52-44-36-28-27-32-40-48-62(7)8)58-84-88(77,78)82-54-63(70)53-81-87(75,76)83-57-64(85-68(73)51-43-35-26-20-23-31-39-47-61(5)6)55-80-67(72)50-42-34-25-19-18-22-30-38-46-60(3)4/h59-65,70H,9-58H2,1-8H3,(H,75,76)(H,77,78)/t63?,64-,65-/m1/s1. The molecule has 0 fully saturated rings. The van der Waals surface area contributed by atoms with E-state index in [4.69, 9.17) is 37.0 Å². The van der Waals surface area contributed by atoms with E-state index in [-0.39, 0.29) is 25.7 Å². The molecule has 0 aromatic heterocycles. The summed E-state index contributed by atoms with van der Waals surface area (Å²) >= 11 is 0. The molecule has 0 radical (unpaired) electrons. The maximum Gasteiger partial charge on any atom is 0.472 e. The lowest BCUT2D eigenvalue weighted by Gasteiger charge is -2.21. The average Bonchev–Trinajstić information content (AvgIpc) is 3.37. The zero-order valence-electron chi connectivity index (χ0n) is 57.3. The fraction of sp³-hybridized carbons (Fsp3) is 0.942. The van der Waals surface area contributed by atoms with Gasteiger partial charge in [0, 0.05) is 25.7 Å². The van der Waals surface area contributed by atoms with Gasteiger partial charge in [0.15, 0.2) is 12.2 Å². The Balaban J connectivity index is 5.16. The number of hydrogen-bond acceptors (Lipinski definition) is 15. The molecule has 0 aliphatic carbocycles. The van der Waals surface area contributed by atoms with Gasteiger partial charge in [-0.05, 0) is 49.4 Å². The van der Waals surface area contributed by atoms with Crippen LogP contribution in [0.1, 0.15) is 338 Å². The van der Waals surface area contributed by atoms with Crippen LogP contribution in [0.15, 0.2) is 0 Å². The van der Waals surface area contributed by atoms with E-state index in [1.165, 1.54) is 141 Å². The Morgan fingerprint density at radius 3 is 0.705 bits per heavy atom. The summed E-state index contributed by atoms with van der Waals surface area (Å²) in [5.41, 5.74) is 0. The van der Waals surface area contributed by atoms with Gasteiger partial charge in [0.25, 0.3) is 0 Å². The van der Waals surface area contributed by atoms with Gasteiger partial charge in [-0.25, -0.2) is 9.13 Å². The Morgan fingerprint density at radius 2 is 0.477 bits per heavy atom. The minimum Gasteiger partial charge on any atom is -0.462 e. The fourth-order valence-corrected chi connectivity index (χ4v) is 11.9. The monoisotopic (exact) mass is 1300 g/mol. The summed E-state index contributed by atoms with van der Waals surface area (Å²) in [6, 6.07) is 0. The zero-order valence-corrected chi connectivity index (χ0v) is 59.1. The molecule has 0 aromatic carbocycles. The number of hydrogen-bond donors (Lipinski definition) is 3. The van der Waals surface area contributed by atoms with Gasteiger partial charge in [0.1, 0.15) is 19.3 Å². The normalized spacial score (nSPS) is 14.3. The summed E-state index contributed by atoms with van der Waals surface area (Å²) in [5.74, 6) is 0.760. The molecule has 3 N–H and O–H groups in total. The van der Waals surface area contributed by atoms with Gasteiger partial charge in [-0.1, -0.05) is 287 Å². The van der Waals surface area contributed by atoms with Gasteiger partial charge in [-0.15, -0.1) is 0 Å². The van der Waals surface area contributed by atoms with Crippen molar-refractivity contribution in [2.75, 3.05) is 39.6 Å². The summed E-state index contributed by atoms with van der Waals surface area (Å²) in [5, 5.41) is 10.6. The molecule has 0 saturated carbocycles. The molecule has 0 rings (SSSR count). The predicted octanol–water partition coefficient (Wildman–Crippen LogP) is 19.3. The van der Waals surface area contributed by atoms with Crippen molar-refractivity contribution in [3.05, 3.63) is 0 Å². The maximum atomic E-state index is 13.0. The number of rotatable bonds is 66. The van der Waals surface area contributed by atoms with E-state index in [1.807, 2.05) is 0 Å². The number of aliphatic hydroxyl groups is 1. The van der Waals surface area contributed by atoms with E-state index in [9.17, 15) is 43.2 Å². The van der Waals surface area contributed by atoms with Crippen LogP contribution in [0.25, 0.3) is 0 Å². The molecule has 0 heterocycles. The number of carbonyl (C=O) groups excluding carboxylic acids is 4. The molecule has 0 spiro atoms. The van der Waals surface area contributed by atoms with E-state index in [0.29, 0.717) is 37.5 Å². The lowest BCUT2D eigenvalue weighted by Crippen LogP contribution is -2.30. The number of ether oxygens (including phenoxy) is 4. The summed E-state index contributed by atoms with van der Waals surface area (Å²) < 4.78 is 68.1. The van der Waals surface area contributed by atoms with Crippen LogP contribution in [0.3, 0.4) is 0 Å². The second-order valence-corrected chi connectivity index (χ2v) is 29.7. The molecular formula is C69H134O17P2. The Bertz CT molecular complexity index is 1750. The molecule has 5 atom stereocenters. The van der Waals surface area contributed by atoms with Crippen molar-refractivity contribution < 1.29 is 80.2 Å². The first-order valence-electron chi connectivity index (χ1n) is 35.7. The van der Waals surface area contributed by atoms with Gasteiger partial charge < -0.3 is 33.8 Å². The maximum absolute atomic E-state index is 13.0. The SMILES string of the molecule is CC(C)CCCCCCCCCCCCCCCCCC(=O)OC[C@H](COP(=O)(O)OCC(O)COP(=O)(O)OC[C@@H](COC(=O)CCCCCCCCCCC(C)C)OC(=O)CCCCCCCCCC(C)C)OC(=O)CCCCCCCCC(C)C. The minimum absolute atomic E-state index is 0.102. The van der Waals surface area contributed by atoms with E-state index in [0.717, 1.165) is 102 Å². The van der Waals surface area contributed by atoms with Crippen LogP contribution in [-0.4, -0.2) is 96.7 Å². The molecule has 17 nitrogen and oxygen atoms in total. The molecule has 0 aromatic rings. The lowest BCUT2D eigenvalue weighted by atomic mass is 10.0. The highest BCUT2D eigenvalue weighted by Crippen LogP contribution is 2.45. The number of phosphoric acid groups is 2. The van der Waals surface area contributed by atoms with E-state index < -0.39 is 97.5 Å². The Kier molecular flexibility index (Phi) is 57.6. The first kappa shape index (κ1) is 86.1. The molecule has 0 amide bonds. The third kappa shape index (κ3) is 62.8. The number of aliphatic hydroxyl groups excluding tert-OH is 1. The smallest absolute Gasteiger partial charge is 0.462 e. The topological polar surface area (TPSA) is 237 Å². The van der Waals surface area contributed by atoms with Crippen molar-refractivity contribution in [2.45, 2.75) is 356 Å². The van der Waals surface area contributed by atoms with E-state index in [2.05, 4.69) is 55.4 Å². The molecule has 0 bridgehead atoms. The van der Waals surface area contributed by atoms with Gasteiger partial charge in [-0.2, -0.15) is 0 Å². The van der Waals surface area contributed by atoms with E-state index >= 15 is 0 Å². The molecule has 0 saturated heterocycles. The third-order valence-electron chi connectivity index (χ3n) is 15.8. The third-order valence-corrected chi connectivity index (χ3v) is 17.7. The Hall–Kier alpha value is -1.94. The first-order chi connectivity index (χ1) is 42.1. The zero-order chi connectivity index (χ0) is 65.4. The number of carbonyl (C=O) groups is 4. The van der Waals surface area contributed by atoms with Gasteiger partial charge in [-0.3, -0.25) is 37.3 Å². The fourth-order valence-electron chi connectivity index (χ4n) is 10.3. The van der Waals surface area contributed by atoms with E-state index in [1.54, 1.807) is 0 Å².